The predicted octanol–water partition coefficient (Wildman–Crippen LogP) is 14.6. The molecule has 0 aliphatic carbocycles. The van der Waals surface area contributed by atoms with Crippen LogP contribution in [0.1, 0.15) is 0 Å². The lowest BCUT2D eigenvalue weighted by molar-refractivity contribution is 0.669. The molecule has 0 fully saturated rings. The van der Waals surface area contributed by atoms with E-state index in [1.54, 1.807) is 0 Å². The summed E-state index contributed by atoms with van der Waals surface area (Å²) in [6, 6.07) is 74.4. The molecular formula is C57H35N5O. The Hall–Kier alpha value is -8.61. The van der Waals surface area contributed by atoms with Gasteiger partial charge in [0.25, 0.3) is 0 Å². The van der Waals surface area contributed by atoms with Crippen molar-refractivity contribution >= 4 is 65.6 Å². The van der Waals surface area contributed by atoms with Crippen LogP contribution in [0, 0.1) is 0 Å². The maximum absolute atomic E-state index is 6.60. The number of fused-ring (bicyclic) bond motifs is 10. The summed E-state index contributed by atoms with van der Waals surface area (Å²) in [5, 5.41) is 6.52. The van der Waals surface area contributed by atoms with Gasteiger partial charge in [0.15, 0.2) is 11.6 Å². The van der Waals surface area contributed by atoms with Crippen molar-refractivity contribution in [1.29, 1.82) is 0 Å². The number of hydrogen-bond acceptors (Lipinski definition) is 4. The Balaban J connectivity index is 1.12. The topological polar surface area (TPSA) is 61.7 Å². The molecule has 0 N–H and O–H groups in total. The molecule has 6 heteroatoms. The minimum Gasteiger partial charge on any atom is -0.456 e. The lowest BCUT2D eigenvalue weighted by atomic mass is 10.0. The molecule has 6 nitrogen and oxygen atoms in total. The second-order valence-corrected chi connectivity index (χ2v) is 16.0. The molecule has 0 radical (unpaired) electrons. The van der Waals surface area contributed by atoms with Gasteiger partial charge in [-0.1, -0.05) is 170 Å². The third kappa shape index (κ3) is 5.55. The fraction of sp³-hybridized carbons (Fsp3) is 0. The summed E-state index contributed by atoms with van der Waals surface area (Å²) in [5.74, 6) is 1.68. The summed E-state index contributed by atoms with van der Waals surface area (Å²) in [4.78, 5) is 16.1. The average molecular weight is 806 g/mol. The van der Waals surface area contributed by atoms with Gasteiger partial charge in [-0.15, -0.1) is 0 Å². The molecule has 0 saturated heterocycles. The van der Waals surface area contributed by atoms with E-state index >= 15 is 0 Å². The summed E-state index contributed by atoms with van der Waals surface area (Å²) < 4.78 is 11.3. The molecule has 0 aliphatic rings. The van der Waals surface area contributed by atoms with Crippen LogP contribution in [0.4, 0.5) is 0 Å². The van der Waals surface area contributed by atoms with Gasteiger partial charge in [-0.2, -0.15) is 9.97 Å². The molecule has 0 amide bonds. The van der Waals surface area contributed by atoms with Crippen LogP contribution >= 0.6 is 0 Å². The highest BCUT2D eigenvalue weighted by Crippen LogP contribution is 2.43. The van der Waals surface area contributed by atoms with Crippen LogP contribution in [0.2, 0.25) is 0 Å². The van der Waals surface area contributed by atoms with Gasteiger partial charge in [-0.25, -0.2) is 4.98 Å². The van der Waals surface area contributed by atoms with Gasteiger partial charge >= 0.3 is 0 Å². The molecular weight excluding hydrogens is 771 g/mol. The van der Waals surface area contributed by atoms with E-state index in [4.69, 9.17) is 19.4 Å². The molecule has 0 spiro atoms. The van der Waals surface area contributed by atoms with Gasteiger partial charge in [0, 0.05) is 49.1 Å². The van der Waals surface area contributed by atoms with Crippen LogP contribution < -0.4 is 0 Å². The van der Waals surface area contributed by atoms with Crippen LogP contribution in [-0.2, 0) is 0 Å². The average Bonchev–Trinajstić information content (AvgIpc) is 4.02. The van der Waals surface area contributed by atoms with Crippen molar-refractivity contribution in [3.05, 3.63) is 212 Å². The summed E-state index contributed by atoms with van der Waals surface area (Å²) in [5.41, 5.74) is 13.2. The zero-order chi connectivity index (χ0) is 41.4. The quantitative estimate of drug-likeness (QED) is 0.168. The van der Waals surface area contributed by atoms with E-state index in [1.165, 1.54) is 10.9 Å². The zero-order valence-electron chi connectivity index (χ0n) is 33.9. The molecule has 63 heavy (non-hydrogen) atoms. The van der Waals surface area contributed by atoms with Crippen LogP contribution in [-0.4, -0.2) is 24.1 Å². The Bertz CT molecular complexity index is 3900. The number of nitrogens with zero attached hydrogens (tertiary/aromatic N) is 5. The Morgan fingerprint density at radius 2 is 0.873 bits per heavy atom. The predicted molar refractivity (Wildman–Crippen MR) is 258 cm³/mol. The van der Waals surface area contributed by atoms with Crippen molar-refractivity contribution in [3.8, 4) is 56.7 Å². The van der Waals surface area contributed by atoms with Crippen molar-refractivity contribution in [1.82, 2.24) is 24.1 Å². The van der Waals surface area contributed by atoms with E-state index in [2.05, 4.69) is 185 Å². The molecule has 0 atom stereocenters. The van der Waals surface area contributed by atoms with Gasteiger partial charge in [0.05, 0.1) is 22.1 Å². The highest BCUT2D eigenvalue weighted by molar-refractivity contribution is 6.24. The number of rotatable bonds is 6. The molecule has 0 aliphatic heterocycles. The van der Waals surface area contributed by atoms with Crippen molar-refractivity contribution in [2.75, 3.05) is 0 Å². The van der Waals surface area contributed by atoms with Gasteiger partial charge in [-0.05, 0) is 64.7 Å². The van der Waals surface area contributed by atoms with Gasteiger partial charge in [0.2, 0.25) is 5.95 Å². The van der Waals surface area contributed by atoms with E-state index in [-0.39, 0.29) is 0 Å². The molecule has 4 aromatic heterocycles. The van der Waals surface area contributed by atoms with E-state index < -0.39 is 0 Å². The first-order chi connectivity index (χ1) is 31.2. The lowest BCUT2D eigenvalue weighted by Crippen LogP contribution is -2.07. The smallest absolute Gasteiger partial charge is 0.238 e. The summed E-state index contributed by atoms with van der Waals surface area (Å²) >= 11 is 0. The Kier molecular flexibility index (Phi) is 7.80. The zero-order valence-corrected chi connectivity index (χ0v) is 33.9. The molecule has 0 bridgehead atoms. The third-order valence-corrected chi connectivity index (χ3v) is 12.4. The minimum absolute atomic E-state index is 0.531. The SMILES string of the molecule is c1ccc(-c2cccc(-n3c4ccccc4c4ccc5c6ccccc6n(-c6nc(-c7ccccc7)nc(-c7cccc8oc9cc(-c%10ccccc%10)ccc9c78)n6)c5c43)c2)cc1. The largest absolute Gasteiger partial charge is 0.456 e. The minimum atomic E-state index is 0.531. The summed E-state index contributed by atoms with van der Waals surface area (Å²) in [7, 11) is 0. The van der Waals surface area contributed by atoms with Crippen LogP contribution in [0.5, 0.6) is 0 Å². The fourth-order valence-electron chi connectivity index (χ4n) is 9.56. The molecule has 294 valence electrons. The first-order valence-electron chi connectivity index (χ1n) is 21.2. The number of hydrogen-bond donors (Lipinski definition) is 0. The lowest BCUT2D eigenvalue weighted by Gasteiger charge is -2.14. The van der Waals surface area contributed by atoms with E-state index in [0.29, 0.717) is 17.6 Å². The van der Waals surface area contributed by atoms with Gasteiger partial charge in [-0.3, -0.25) is 4.57 Å². The second kappa shape index (κ2) is 14.0. The Morgan fingerprint density at radius 3 is 1.57 bits per heavy atom. The summed E-state index contributed by atoms with van der Waals surface area (Å²) in [6.45, 7) is 0. The molecule has 13 rings (SSSR count). The molecule has 13 aromatic rings. The maximum atomic E-state index is 6.60. The van der Waals surface area contributed by atoms with Crippen molar-refractivity contribution in [3.63, 3.8) is 0 Å². The number of aromatic nitrogens is 5. The molecule has 9 aromatic carbocycles. The third-order valence-electron chi connectivity index (χ3n) is 12.4. The number of para-hydroxylation sites is 2. The van der Waals surface area contributed by atoms with E-state index in [9.17, 15) is 0 Å². The second-order valence-electron chi connectivity index (χ2n) is 16.0. The highest BCUT2D eigenvalue weighted by atomic mass is 16.3. The summed E-state index contributed by atoms with van der Waals surface area (Å²) in [6.07, 6.45) is 0. The molecule has 0 saturated carbocycles. The molecule has 0 unspecified atom stereocenters. The van der Waals surface area contributed by atoms with Crippen LogP contribution in [0.25, 0.3) is 122 Å². The van der Waals surface area contributed by atoms with Crippen molar-refractivity contribution in [2.24, 2.45) is 0 Å². The van der Waals surface area contributed by atoms with Gasteiger partial charge in [0.1, 0.15) is 11.2 Å². The Morgan fingerprint density at radius 1 is 0.333 bits per heavy atom. The van der Waals surface area contributed by atoms with Gasteiger partial charge < -0.3 is 8.98 Å². The van der Waals surface area contributed by atoms with Crippen LogP contribution in [0.15, 0.2) is 217 Å². The standard InChI is InChI=1S/C57H35N5O/c1-4-16-36(17-5-1)39-22-14-23-41(34-39)61-48-27-12-10-24-42(48)44-32-33-45-43-25-11-13-28-49(43)62(54(45)53(44)61)57-59-55(38-20-8-3-9-21-38)58-56(60-57)47-26-15-29-50-52(47)46-31-30-40(35-51(46)63-50)37-18-6-2-7-19-37/h1-35H. The highest BCUT2D eigenvalue weighted by Gasteiger charge is 2.24. The van der Waals surface area contributed by atoms with E-state index in [1.807, 2.05) is 36.4 Å². The number of furan rings is 1. The van der Waals surface area contributed by atoms with E-state index in [0.717, 1.165) is 93.7 Å². The first-order valence-corrected chi connectivity index (χ1v) is 21.2. The maximum Gasteiger partial charge on any atom is 0.238 e. The first kappa shape index (κ1) is 35.2. The van der Waals surface area contributed by atoms with Crippen molar-refractivity contribution in [2.45, 2.75) is 0 Å². The normalized spacial score (nSPS) is 11.8. The Labute approximate surface area is 361 Å². The van der Waals surface area contributed by atoms with Crippen molar-refractivity contribution < 1.29 is 4.42 Å². The molecule has 4 heterocycles. The van der Waals surface area contributed by atoms with Crippen LogP contribution in [0.3, 0.4) is 0 Å². The number of benzene rings is 9. The monoisotopic (exact) mass is 805 g/mol. The fourth-order valence-corrected chi connectivity index (χ4v) is 9.56.